The minimum atomic E-state index is -0.0991. The fourth-order valence-corrected chi connectivity index (χ4v) is 3.31. The van der Waals surface area contributed by atoms with Gasteiger partial charge in [0.25, 0.3) is 0 Å². The van der Waals surface area contributed by atoms with Crippen LogP contribution in [0.15, 0.2) is 60.9 Å². The first kappa shape index (κ1) is 19.6. The highest BCUT2D eigenvalue weighted by Gasteiger charge is 2.22. The highest BCUT2D eigenvalue weighted by Crippen LogP contribution is 2.19. The molecule has 3 heterocycles. The summed E-state index contributed by atoms with van der Waals surface area (Å²) in [4.78, 5) is 20.5. The Labute approximate surface area is 175 Å². The summed E-state index contributed by atoms with van der Waals surface area (Å²) in [5.41, 5.74) is 2.55. The van der Waals surface area contributed by atoms with Crippen LogP contribution in [0.2, 0.25) is 0 Å². The van der Waals surface area contributed by atoms with Gasteiger partial charge < -0.3 is 19.9 Å². The minimum Gasteiger partial charge on any atom is -0.494 e. The first-order chi connectivity index (χ1) is 14.7. The number of nitrogens with one attached hydrogen (secondary N) is 1. The zero-order valence-corrected chi connectivity index (χ0v) is 16.9. The number of rotatable bonds is 5. The summed E-state index contributed by atoms with van der Waals surface area (Å²) in [5, 5.41) is 11.6. The molecule has 0 unspecified atom stereocenters. The van der Waals surface area contributed by atoms with Gasteiger partial charge in [0.15, 0.2) is 5.82 Å². The molecule has 3 aromatic rings. The standard InChI is InChI=1S/C22H24N6O2/c1-2-30-19-5-3-18(4-6-19)24-22(29)28-15-13-27(14-16-28)21-8-7-20(25-26-21)17-9-11-23-12-10-17/h3-12H,2,13-16H2,1H3,(H,24,29). The maximum absolute atomic E-state index is 12.6. The Kier molecular flexibility index (Phi) is 6.03. The molecule has 0 saturated carbocycles. The van der Waals surface area contributed by atoms with Crippen LogP contribution in [0.5, 0.6) is 5.75 Å². The summed E-state index contributed by atoms with van der Waals surface area (Å²) in [6.45, 7) is 5.22. The molecule has 0 atom stereocenters. The third-order valence-corrected chi connectivity index (χ3v) is 4.93. The lowest BCUT2D eigenvalue weighted by atomic mass is 10.2. The molecular weight excluding hydrogens is 380 g/mol. The molecule has 0 spiro atoms. The van der Waals surface area contributed by atoms with Crippen LogP contribution in [-0.2, 0) is 0 Å². The molecule has 1 aromatic carbocycles. The van der Waals surface area contributed by atoms with E-state index in [0.717, 1.165) is 28.5 Å². The lowest BCUT2D eigenvalue weighted by Gasteiger charge is -2.35. The van der Waals surface area contributed by atoms with Crippen molar-refractivity contribution in [1.29, 1.82) is 0 Å². The van der Waals surface area contributed by atoms with Crippen molar-refractivity contribution in [3.63, 3.8) is 0 Å². The number of ether oxygens (including phenoxy) is 1. The molecule has 0 radical (unpaired) electrons. The van der Waals surface area contributed by atoms with Gasteiger partial charge in [-0.05, 0) is 55.5 Å². The van der Waals surface area contributed by atoms with Gasteiger partial charge in [0, 0.05) is 49.8 Å². The van der Waals surface area contributed by atoms with Crippen molar-refractivity contribution < 1.29 is 9.53 Å². The van der Waals surface area contributed by atoms with Crippen LogP contribution in [0, 0.1) is 0 Å². The van der Waals surface area contributed by atoms with Gasteiger partial charge in [0.05, 0.1) is 12.3 Å². The Morgan fingerprint density at radius 1 is 0.967 bits per heavy atom. The SMILES string of the molecule is CCOc1ccc(NC(=O)N2CCN(c3ccc(-c4ccncc4)nn3)CC2)cc1. The van der Waals surface area contributed by atoms with Crippen molar-refractivity contribution in [3.05, 3.63) is 60.9 Å². The summed E-state index contributed by atoms with van der Waals surface area (Å²) in [7, 11) is 0. The van der Waals surface area contributed by atoms with E-state index in [-0.39, 0.29) is 6.03 Å². The van der Waals surface area contributed by atoms with Crippen LogP contribution in [0.3, 0.4) is 0 Å². The number of amides is 2. The van der Waals surface area contributed by atoms with Crippen molar-refractivity contribution in [2.24, 2.45) is 0 Å². The third kappa shape index (κ3) is 4.65. The van der Waals surface area contributed by atoms with Gasteiger partial charge in [-0.2, -0.15) is 0 Å². The third-order valence-electron chi connectivity index (χ3n) is 4.93. The van der Waals surface area contributed by atoms with Crippen LogP contribution in [-0.4, -0.2) is 58.9 Å². The van der Waals surface area contributed by atoms with E-state index in [1.54, 1.807) is 12.4 Å². The number of carbonyl (C=O) groups excluding carboxylic acids is 1. The lowest BCUT2D eigenvalue weighted by Crippen LogP contribution is -2.50. The maximum Gasteiger partial charge on any atom is 0.321 e. The molecule has 1 fully saturated rings. The molecule has 1 aliphatic heterocycles. The van der Waals surface area contributed by atoms with E-state index < -0.39 is 0 Å². The molecule has 4 rings (SSSR count). The Balaban J connectivity index is 1.30. The first-order valence-corrected chi connectivity index (χ1v) is 10.0. The Hall–Kier alpha value is -3.68. The largest absolute Gasteiger partial charge is 0.494 e. The van der Waals surface area contributed by atoms with E-state index in [1.165, 1.54) is 0 Å². The summed E-state index contributed by atoms with van der Waals surface area (Å²) >= 11 is 0. The Morgan fingerprint density at radius 3 is 2.33 bits per heavy atom. The average Bonchev–Trinajstić information content (AvgIpc) is 2.81. The average molecular weight is 404 g/mol. The summed E-state index contributed by atoms with van der Waals surface area (Å²) < 4.78 is 5.43. The monoisotopic (exact) mass is 404 g/mol. The topological polar surface area (TPSA) is 83.5 Å². The van der Waals surface area contributed by atoms with E-state index in [0.29, 0.717) is 32.8 Å². The second-order valence-electron chi connectivity index (χ2n) is 6.87. The second kappa shape index (κ2) is 9.21. The quantitative estimate of drug-likeness (QED) is 0.703. The summed E-state index contributed by atoms with van der Waals surface area (Å²) in [5.74, 6) is 1.61. The van der Waals surface area contributed by atoms with E-state index in [1.807, 2.05) is 60.4 Å². The smallest absolute Gasteiger partial charge is 0.321 e. The van der Waals surface area contributed by atoms with Crippen LogP contribution in [0.4, 0.5) is 16.3 Å². The molecular formula is C22H24N6O2. The zero-order chi connectivity index (χ0) is 20.8. The predicted molar refractivity (Wildman–Crippen MR) is 116 cm³/mol. The highest BCUT2D eigenvalue weighted by molar-refractivity contribution is 5.89. The molecule has 2 amide bonds. The Bertz CT molecular complexity index is 955. The number of urea groups is 1. The maximum atomic E-state index is 12.6. The molecule has 1 aliphatic rings. The molecule has 154 valence electrons. The van der Waals surface area contributed by atoms with Crippen LogP contribution in [0.25, 0.3) is 11.3 Å². The number of piperazine rings is 1. The number of hydrogen-bond acceptors (Lipinski definition) is 6. The van der Waals surface area contributed by atoms with Crippen molar-refractivity contribution in [1.82, 2.24) is 20.1 Å². The van der Waals surface area contributed by atoms with Gasteiger partial charge in [0.2, 0.25) is 0 Å². The number of benzene rings is 1. The molecule has 8 heteroatoms. The molecule has 1 saturated heterocycles. The number of pyridine rings is 1. The number of nitrogens with zero attached hydrogens (tertiary/aromatic N) is 5. The first-order valence-electron chi connectivity index (χ1n) is 10.0. The molecule has 2 aromatic heterocycles. The number of hydrogen-bond donors (Lipinski definition) is 1. The molecule has 0 bridgehead atoms. The number of anilines is 2. The van der Waals surface area contributed by atoms with Gasteiger partial charge in [-0.3, -0.25) is 4.98 Å². The molecule has 0 aliphatic carbocycles. The fourth-order valence-electron chi connectivity index (χ4n) is 3.31. The normalized spacial score (nSPS) is 13.8. The minimum absolute atomic E-state index is 0.0991. The molecule has 1 N–H and O–H groups in total. The van der Waals surface area contributed by atoms with Gasteiger partial charge in [-0.15, -0.1) is 10.2 Å². The molecule has 30 heavy (non-hydrogen) atoms. The van der Waals surface area contributed by atoms with Gasteiger partial charge in [-0.25, -0.2) is 4.79 Å². The van der Waals surface area contributed by atoms with Crippen molar-refractivity contribution >= 4 is 17.5 Å². The Morgan fingerprint density at radius 2 is 1.70 bits per heavy atom. The van der Waals surface area contributed by atoms with Gasteiger partial charge >= 0.3 is 6.03 Å². The van der Waals surface area contributed by atoms with E-state index in [4.69, 9.17) is 4.74 Å². The second-order valence-corrected chi connectivity index (χ2v) is 6.87. The van der Waals surface area contributed by atoms with Crippen LogP contribution < -0.4 is 15.0 Å². The van der Waals surface area contributed by atoms with Crippen molar-refractivity contribution in [3.8, 4) is 17.0 Å². The van der Waals surface area contributed by atoms with Crippen molar-refractivity contribution in [2.45, 2.75) is 6.92 Å². The number of carbonyl (C=O) groups is 1. The lowest BCUT2D eigenvalue weighted by molar-refractivity contribution is 0.208. The van der Waals surface area contributed by atoms with Gasteiger partial charge in [-0.1, -0.05) is 0 Å². The van der Waals surface area contributed by atoms with Gasteiger partial charge in [0.1, 0.15) is 5.75 Å². The van der Waals surface area contributed by atoms with E-state index in [9.17, 15) is 4.79 Å². The zero-order valence-electron chi connectivity index (χ0n) is 16.9. The number of aromatic nitrogens is 3. The molecule has 8 nitrogen and oxygen atoms in total. The summed E-state index contributed by atoms with van der Waals surface area (Å²) in [6, 6.07) is 15.0. The van der Waals surface area contributed by atoms with E-state index >= 15 is 0 Å². The van der Waals surface area contributed by atoms with Crippen LogP contribution in [0.1, 0.15) is 6.92 Å². The fraction of sp³-hybridized carbons (Fsp3) is 0.273. The predicted octanol–water partition coefficient (Wildman–Crippen LogP) is 3.29. The summed E-state index contributed by atoms with van der Waals surface area (Å²) in [6.07, 6.45) is 3.48. The highest BCUT2D eigenvalue weighted by atomic mass is 16.5. The van der Waals surface area contributed by atoms with E-state index in [2.05, 4.69) is 25.4 Å². The van der Waals surface area contributed by atoms with Crippen molar-refractivity contribution in [2.75, 3.05) is 43.0 Å². The van der Waals surface area contributed by atoms with Crippen LogP contribution >= 0.6 is 0 Å².